The summed E-state index contributed by atoms with van der Waals surface area (Å²) in [7, 11) is 3.05. The van der Waals surface area contributed by atoms with Gasteiger partial charge in [-0.15, -0.1) is 0 Å². The Kier molecular flexibility index (Phi) is 4.69. The van der Waals surface area contributed by atoms with Gasteiger partial charge in [0, 0.05) is 14.2 Å². The lowest BCUT2D eigenvalue weighted by Crippen LogP contribution is -2.53. The molecule has 0 spiro atoms. The van der Waals surface area contributed by atoms with Gasteiger partial charge < -0.3 is 19.1 Å². The molecular weight excluding hydrogens is 266 g/mol. The van der Waals surface area contributed by atoms with E-state index in [0.717, 1.165) is 6.42 Å². The summed E-state index contributed by atoms with van der Waals surface area (Å²) in [5.74, 6) is -0.0384. The lowest BCUT2D eigenvalue weighted by Gasteiger charge is -2.32. The fraction of sp³-hybridized carbons (Fsp3) is 0.750. The van der Waals surface area contributed by atoms with E-state index in [9.17, 15) is 9.90 Å². The number of nitrogens with zero attached hydrogens (tertiary/aromatic N) is 3. The van der Waals surface area contributed by atoms with Crippen molar-refractivity contribution in [3.8, 4) is 0 Å². The van der Waals surface area contributed by atoms with E-state index in [2.05, 4.69) is 10.1 Å². The van der Waals surface area contributed by atoms with Gasteiger partial charge in [-0.05, 0) is 19.4 Å². The second kappa shape index (κ2) is 6.29. The molecule has 0 saturated carbocycles. The van der Waals surface area contributed by atoms with Gasteiger partial charge in [0.1, 0.15) is 12.1 Å². The highest BCUT2D eigenvalue weighted by molar-refractivity contribution is 5.79. The number of ether oxygens (including phenoxy) is 2. The van der Waals surface area contributed by atoms with Crippen molar-refractivity contribution in [2.75, 3.05) is 27.4 Å². The summed E-state index contributed by atoms with van der Waals surface area (Å²) in [5, 5.41) is 13.3. The van der Waals surface area contributed by atoms with Crippen molar-refractivity contribution in [1.82, 2.24) is 15.0 Å². The SMILES string of the molecule is COCc1noc(CN2CCCC2(COC)C(=O)O)n1. The van der Waals surface area contributed by atoms with Crippen LogP contribution in [0.1, 0.15) is 24.6 Å². The minimum atomic E-state index is -1.01. The van der Waals surface area contributed by atoms with Crippen LogP contribution in [0.15, 0.2) is 4.52 Å². The molecule has 1 unspecified atom stereocenters. The van der Waals surface area contributed by atoms with Crippen LogP contribution >= 0.6 is 0 Å². The highest BCUT2D eigenvalue weighted by Crippen LogP contribution is 2.31. The highest BCUT2D eigenvalue weighted by atomic mass is 16.5. The molecule has 0 amide bonds. The maximum absolute atomic E-state index is 11.6. The molecule has 1 aliphatic heterocycles. The van der Waals surface area contributed by atoms with Crippen molar-refractivity contribution in [3.05, 3.63) is 11.7 Å². The fourth-order valence-corrected chi connectivity index (χ4v) is 2.58. The van der Waals surface area contributed by atoms with E-state index >= 15 is 0 Å². The number of likely N-dealkylation sites (tertiary alicyclic amines) is 1. The minimum absolute atomic E-state index is 0.140. The maximum Gasteiger partial charge on any atom is 0.326 e. The fourth-order valence-electron chi connectivity index (χ4n) is 2.58. The van der Waals surface area contributed by atoms with Gasteiger partial charge >= 0.3 is 5.97 Å². The van der Waals surface area contributed by atoms with Gasteiger partial charge in [-0.2, -0.15) is 4.98 Å². The number of carboxylic acids is 1. The average Bonchev–Trinajstić information content (AvgIpc) is 3.00. The van der Waals surface area contributed by atoms with Crippen molar-refractivity contribution in [3.63, 3.8) is 0 Å². The second-order valence-corrected chi connectivity index (χ2v) is 4.83. The minimum Gasteiger partial charge on any atom is -0.480 e. The first kappa shape index (κ1) is 14.9. The van der Waals surface area contributed by atoms with Crippen molar-refractivity contribution >= 4 is 5.97 Å². The Balaban J connectivity index is 2.11. The van der Waals surface area contributed by atoms with E-state index in [4.69, 9.17) is 14.0 Å². The smallest absolute Gasteiger partial charge is 0.326 e. The van der Waals surface area contributed by atoms with Gasteiger partial charge in [0.15, 0.2) is 5.82 Å². The van der Waals surface area contributed by atoms with E-state index in [1.807, 2.05) is 4.90 Å². The second-order valence-electron chi connectivity index (χ2n) is 4.83. The highest BCUT2D eigenvalue weighted by Gasteiger charge is 2.48. The standard InChI is InChI=1S/C12H19N3O5/c1-18-7-9-13-10(20-14-9)6-15-5-3-4-12(15,8-19-2)11(16)17/h3-8H2,1-2H3,(H,16,17). The molecule has 0 aliphatic carbocycles. The van der Waals surface area contributed by atoms with Crippen LogP contribution in [0.5, 0.6) is 0 Å². The zero-order valence-corrected chi connectivity index (χ0v) is 11.7. The first-order chi connectivity index (χ1) is 9.62. The number of methoxy groups -OCH3 is 2. The number of hydrogen-bond acceptors (Lipinski definition) is 7. The molecule has 0 aromatic carbocycles. The van der Waals surface area contributed by atoms with E-state index in [1.54, 1.807) is 7.11 Å². The number of rotatable bonds is 7. The monoisotopic (exact) mass is 285 g/mol. The molecule has 1 aromatic rings. The molecular formula is C12H19N3O5. The predicted octanol–water partition coefficient (Wildman–Crippen LogP) is 0.282. The molecule has 2 rings (SSSR count). The van der Waals surface area contributed by atoms with Crippen molar-refractivity contribution in [2.24, 2.45) is 0 Å². The summed E-state index contributed by atoms with van der Waals surface area (Å²) in [6.07, 6.45) is 1.35. The predicted molar refractivity (Wildman–Crippen MR) is 66.9 cm³/mol. The van der Waals surface area contributed by atoms with E-state index < -0.39 is 11.5 Å². The molecule has 0 radical (unpaired) electrons. The van der Waals surface area contributed by atoms with E-state index in [1.165, 1.54) is 7.11 Å². The molecule has 1 saturated heterocycles. The molecule has 112 valence electrons. The van der Waals surface area contributed by atoms with Crippen LogP contribution in [0.2, 0.25) is 0 Å². The average molecular weight is 285 g/mol. The summed E-state index contributed by atoms with van der Waals surface area (Å²) in [4.78, 5) is 17.6. The van der Waals surface area contributed by atoms with Crippen LogP contribution in [0.4, 0.5) is 0 Å². The van der Waals surface area contributed by atoms with Gasteiger partial charge in [0.2, 0.25) is 5.89 Å². The van der Waals surface area contributed by atoms with Crippen LogP contribution in [-0.4, -0.2) is 59.0 Å². The molecule has 1 fully saturated rings. The summed E-state index contributed by atoms with van der Waals surface area (Å²) in [6.45, 7) is 1.37. The molecule has 20 heavy (non-hydrogen) atoms. The Bertz CT molecular complexity index is 464. The molecule has 1 atom stereocenters. The molecule has 1 aromatic heterocycles. The van der Waals surface area contributed by atoms with Gasteiger partial charge in [-0.3, -0.25) is 9.69 Å². The van der Waals surface area contributed by atoms with Crippen molar-refractivity contribution in [2.45, 2.75) is 31.5 Å². The Morgan fingerprint density at radius 1 is 1.50 bits per heavy atom. The summed E-state index contributed by atoms with van der Waals surface area (Å²) < 4.78 is 15.1. The summed E-state index contributed by atoms with van der Waals surface area (Å²) >= 11 is 0. The normalized spacial score (nSPS) is 23.3. The largest absolute Gasteiger partial charge is 0.480 e. The summed E-state index contributed by atoms with van der Waals surface area (Å²) in [6, 6.07) is 0. The van der Waals surface area contributed by atoms with E-state index in [0.29, 0.717) is 31.2 Å². The van der Waals surface area contributed by atoms with Crippen LogP contribution in [0.3, 0.4) is 0 Å². The van der Waals surface area contributed by atoms with Gasteiger partial charge in [0.25, 0.3) is 0 Å². The third kappa shape index (κ3) is 2.82. The van der Waals surface area contributed by atoms with Crippen LogP contribution < -0.4 is 0 Å². The maximum atomic E-state index is 11.6. The molecule has 1 N–H and O–H groups in total. The Morgan fingerprint density at radius 3 is 2.95 bits per heavy atom. The number of aliphatic carboxylic acids is 1. The van der Waals surface area contributed by atoms with Crippen LogP contribution in [0.25, 0.3) is 0 Å². The molecule has 2 heterocycles. The molecule has 8 nitrogen and oxygen atoms in total. The number of aromatic nitrogens is 2. The van der Waals surface area contributed by atoms with Crippen molar-refractivity contribution < 1.29 is 23.9 Å². The third-order valence-corrected chi connectivity index (χ3v) is 3.51. The van der Waals surface area contributed by atoms with Crippen LogP contribution in [0, 0.1) is 0 Å². The Morgan fingerprint density at radius 2 is 2.30 bits per heavy atom. The third-order valence-electron chi connectivity index (χ3n) is 3.51. The topological polar surface area (TPSA) is 97.9 Å². The Labute approximate surface area is 116 Å². The lowest BCUT2D eigenvalue weighted by atomic mass is 9.97. The number of carbonyl (C=O) groups is 1. The zero-order chi connectivity index (χ0) is 14.6. The first-order valence-corrected chi connectivity index (χ1v) is 6.40. The quantitative estimate of drug-likeness (QED) is 0.763. The number of hydrogen-bond donors (Lipinski definition) is 1. The van der Waals surface area contributed by atoms with E-state index in [-0.39, 0.29) is 13.2 Å². The first-order valence-electron chi connectivity index (χ1n) is 6.40. The van der Waals surface area contributed by atoms with Crippen LogP contribution in [-0.2, 0) is 27.4 Å². The summed E-state index contributed by atoms with van der Waals surface area (Å²) in [5.41, 5.74) is -1.01. The Hall–Kier alpha value is -1.51. The van der Waals surface area contributed by atoms with Gasteiger partial charge in [-0.25, -0.2) is 0 Å². The lowest BCUT2D eigenvalue weighted by molar-refractivity contribution is -0.153. The van der Waals surface area contributed by atoms with Gasteiger partial charge in [-0.1, -0.05) is 5.16 Å². The van der Waals surface area contributed by atoms with Gasteiger partial charge in [0.05, 0.1) is 13.2 Å². The van der Waals surface area contributed by atoms with Crippen molar-refractivity contribution in [1.29, 1.82) is 0 Å². The molecule has 0 bridgehead atoms. The number of carboxylic acid groups (broad SMARTS) is 1. The molecule has 1 aliphatic rings. The zero-order valence-electron chi connectivity index (χ0n) is 11.7. The molecule has 8 heteroatoms.